The first-order valence-electron chi connectivity index (χ1n) is 3.60. The third kappa shape index (κ3) is 2.92. The molecule has 64 valence electrons. The van der Waals surface area contributed by atoms with Crippen molar-refractivity contribution in [3.05, 3.63) is 24.5 Å². The molecule has 3 nitrogen and oxygen atoms in total. The van der Waals surface area contributed by atoms with E-state index in [-0.39, 0.29) is 5.97 Å². The van der Waals surface area contributed by atoms with Gasteiger partial charge in [-0.2, -0.15) is 0 Å². The zero-order chi connectivity index (χ0) is 8.81. The summed E-state index contributed by atoms with van der Waals surface area (Å²) in [6, 6.07) is 3.57. The molecule has 0 aliphatic rings. The Morgan fingerprint density at radius 1 is 1.58 bits per heavy atom. The topological polar surface area (TPSA) is 39.2 Å². The first kappa shape index (κ1) is 9.06. The van der Waals surface area contributed by atoms with Crippen LogP contribution in [0.25, 0.3) is 0 Å². The number of rotatable bonds is 3. The van der Waals surface area contributed by atoms with E-state index in [1.54, 1.807) is 31.5 Å². The molecule has 1 rings (SSSR count). The fraction of sp³-hybridized carbons (Fsp3) is 0.250. The molecule has 0 aliphatic heterocycles. The van der Waals surface area contributed by atoms with Crippen LogP contribution in [-0.2, 0) is 8.98 Å². The lowest BCUT2D eigenvalue weighted by molar-refractivity contribution is -0.132. The van der Waals surface area contributed by atoms with Gasteiger partial charge in [0.15, 0.2) is 0 Å². The monoisotopic (exact) mass is 183 g/mol. The molecule has 0 unspecified atom stereocenters. The van der Waals surface area contributed by atoms with Gasteiger partial charge in [-0.15, -0.1) is 0 Å². The van der Waals surface area contributed by atoms with Gasteiger partial charge in [-0.25, -0.2) is 0 Å². The Hall–Kier alpha value is -1.03. The molecule has 0 aromatic carbocycles. The zero-order valence-electron chi connectivity index (χ0n) is 6.69. The average molecular weight is 183 g/mol. The van der Waals surface area contributed by atoms with Crippen LogP contribution in [0.3, 0.4) is 0 Å². The summed E-state index contributed by atoms with van der Waals surface area (Å²) in [5.41, 5.74) is 0. The maximum Gasteiger partial charge on any atom is 0.317 e. The van der Waals surface area contributed by atoms with E-state index in [0.717, 1.165) is 16.9 Å². The minimum Gasteiger partial charge on any atom is -0.386 e. The van der Waals surface area contributed by atoms with E-state index in [4.69, 9.17) is 4.18 Å². The largest absolute Gasteiger partial charge is 0.386 e. The third-order valence-corrected chi connectivity index (χ3v) is 1.90. The van der Waals surface area contributed by atoms with Crippen molar-refractivity contribution < 1.29 is 8.98 Å². The zero-order valence-corrected chi connectivity index (χ0v) is 7.50. The first-order valence-corrected chi connectivity index (χ1v) is 4.34. The minimum atomic E-state index is -0.211. The molecule has 0 radical (unpaired) electrons. The van der Waals surface area contributed by atoms with Crippen molar-refractivity contribution in [1.82, 2.24) is 4.98 Å². The quantitative estimate of drug-likeness (QED) is 0.672. The van der Waals surface area contributed by atoms with Crippen LogP contribution >= 0.6 is 12.0 Å². The molecule has 0 N–H and O–H groups in total. The number of nitrogens with zero attached hydrogens (tertiary/aromatic N) is 1. The van der Waals surface area contributed by atoms with Crippen molar-refractivity contribution in [3.8, 4) is 0 Å². The predicted molar refractivity (Wildman–Crippen MR) is 46.5 cm³/mol. The minimum absolute atomic E-state index is 0.211. The van der Waals surface area contributed by atoms with Gasteiger partial charge in [-0.05, 0) is 12.1 Å². The molecule has 0 amide bonds. The number of carbonyl (C=O) groups excluding carboxylic acids is 1. The molecule has 0 aliphatic carbocycles. The molecule has 0 atom stereocenters. The van der Waals surface area contributed by atoms with Crippen LogP contribution in [0, 0.1) is 0 Å². The fourth-order valence-electron chi connectivity index (χ4n) is 0.547. The summed E-state index contributed by atoms with van der Waals surface area (Å²) in [6.45, 7) is 1.76. The normalized spacial score (nSPS) is 9.42. The fourth-order valence-corrected chi connectivity index (χ4v) is 1.09. The van der Waals surface area contributed by atoms with Crippen molar-refractivity contribution >= 4 is 18.0 Å². The summed E-state index contributed by atoms with van der Waals surface area (Å²) < 4.78 is 4.83. The Morgan fingerprint density at radius 2 is 2.25 bits per heavy atom. The van der Waals surface area contributed by atoms with E-state index in [2.05, 4.69) is 4.98 Å². The van der Waals surface area contributed by atoms with Crippen molar-refractivity contribution in [2.75, 3.05) is 0 Å². The number of hydrogen-bond acceptors (Lipinski definition) is 4. The van der Waals surface area contributed by atoms with Gasteiger partial charge in [0.25, 0.3) is 0 Å². The van der Waals surface area contributed by atoms with Gasteiger partial charge >= 0.3 is 5.97 Å². The van der Waals surface area contributed by atoms with Crippen LogP contribution in [0.5, 0.6) is 0 Å². The van der Waals surface area contributed by atoms with Crippen molar-refractivity contribution in [3.63, 3.8) is 0 Å². The Kier molecular flexibility index (Phi) is 3.60. The van der Waals surface area contributed by atoms with Gasteiger partial charge in [0.1, 0.15) is 0 Å². The number of aromatic nitrogens is 1. The number of carbonyl (C=O) groups is 1. The third-order valence-electron chi connectivity index (χ3n) is 1.17. The Balaban J connectivity index is 2.38. The smallest absolute Gasteiger partial charge is 0.317 e. The number of hydrogen-bond donors (Lipinski definition) is 0. The summed E-state index contributed by atoms with van der Waals surface area (Å²) in [4.78, 5) is 15.4. The lowest BCUT2D eigenvalue weighted by Gasteiger charge is -1.98. The standard InChI is InChI=1S/C8H9NO2S/c1-2-8(10)11-12-7-3-5-9-6-4-7/h3-6H,2H2,1H3. The van der Waals surface area contributed by atoms with E-state index in [1.165, 1.54) is 0 Å². The molecule has 1 heterocycles. The molecule has 12 heavy (non-hydrogen) atoms. The van der Waals surface area contributed by atoms with E-state index < -0.39 is 0 Å². The second-order valence-corrected chi connectivity index (χ2v) is 2.88. The first-order chi connectivity index (χ1) is 5.83. The van der Waals surface area contributed by atoms with E-state index in [1.807, 2.05) is 0 Å². The molecular weight excluding hydrogens is 174 g/mol. The lowest BCUT2D eigenvalue weighted by atomic mass is 10.5. The van der Waals surface area contributed by atoms with Gasteiger partial charge < -0.3 is 4.18 Å². The van der Waals surface area contributed by atoms with E-state index in [0.29, 0.717) is 6.42 Å². The highest BCUT2D eigenvalue weighted by atomic mass is 32.2. The molecule has 0 spiro atoms. The maximum absolute atomic E-state index is 10.7. The van der Waals surface area contributed by atoms with Crippen LogP contribution in [-0.4, -0.2) is 11.0 Å². The van der Waals surface area contributed by atoms with E-state index in [9.17, 15) is 4.79 Å². The van der Waals surface area contributed by atoms with Gasteiger partial charge in [-0.3, -0.25) is 9.78 Å². The van der Waals surface area contributed by atoms with Crippen LogP contribution in [0.15, 0.2) is 29.4 Å². The summed E-state index contributed by atoms with van der Waals surface area (Å²) in [7, 11) is 0. The summed E-state index contributed by atoms with van der Waals surface area (Å²) in [5, 5.41) is 0. The Morgan fingerprint density at radius 3 is 2.83 bits per heavy atom. The van der Waals surface area contributed by atoms with Crippen molar-refractivity contribution in [1.29, 1.82) is 0 Å². The van der Waals surface area contributed by atoms with Crippen LogP contribution in [0.4, 0.5) is 0 Å². The van der Waals surface area contributed by atoms with Gasteiger partial charge in [0.2, 0.25) is 0 Å². The molecule has 0 saturated carbocycles. The molecule has 0 fully saturated rings. The molecule has 4 heteroatoms. The Bertz CT molecular complexity index is 250. The molecule has 0 bridgehead atoms. The molecule has 0 saturated heterocycles. The van der Waals surface area contributed by atoms with Gasteiger partial charge in [0.05, 0.1) is 16.9 Å². The second-order valence-electron chi connectivity index (χ2n) is 2.08. The van der Waals surface area contributed by atoms with Crippen LogP contribution in [0.2, 0.25) is 0 Å². The number of pyridine rings is 1. The van der Waals surface area contributed by atoms with Gasteiger partial charge in [-0.1, -0.05) is 6.92 Å². The highest BCUT2D eigenvalue weighted by molar-refractivity contribution is 7.95. The van der Waals surface area contributed by atoms with Crippen molar-refractivity contribution in [2.24, 2.45) is 0 Å². The van der Waals surface area contributed by atoms with E-state index >= 15 is 0 Å². The Labute approximate surface area is 75.4 Å². The molecule has 1 aromatic rings. The van der Waals surface area contributed by atoms with Gasteiger partial charge in [0, 0.05) is 18.8 Å². The van der Waals surface area contributed by atoms with Crippen LogP contribution in [0.1, 0.15) is 13.3 Å². The summed E-state index contributed by atoms with van der Waals surface area (Å²) in [5.74, 6) is -0.211. The van der Waals surface area contributed by atoms with Crippen molar-refractivity contribution in [2.45, 2.75) is 18.2 Å². The average Bonchev–Trinajstić information content (AvgIpc) is 2.16. The summed E-state index contributed by atoms with van der Waals surface area (Å²) in [6.07, 6.45) is 3.71. The maximum atomic E-state index is 10.7. The highest BCUT2D eigenvalue weighted by Crippen LogP contribution is 2.17. The van der Waals surface area contributed by atoms with Crippen LogP contribution < -0.4 is 0 Å². The predicted octanol–water partition coefficient (Wildman–Crippen LogP) is 2.04. The molecular formula is C8H9NO2S. The SMILES string of the molecule is CCC(=O)OSc1ccncc1. The second kappa shape index (κ2) is 4.77. The lowest BCUT2D eigenvalue weighted by Crippen LogP contribution is -1.94. The highest BCUT2D eigenvalue weighted by Gasteiger charge is 1.99. The molecule has 1 aromatic heterocycles. The summed E-state index contributed by atoms with van der Waals surface area (Å²) >= 11 is 1.06.